The first-order chi connectivity index (χ1) is 7.52. The fraction of sp³-hybridized carbons (Fsp3) is 0.312. The zero-order chi connectivity index (χ0) is 12.6. The third-order valence-electron chi connectivity index (χ3n) is 2.26. The van der Waals surface area contributed by atoms with E-state index in [4.69, 9.17) is 0 Å². The molecule has 0 aliphatic carbocycles. The van der Waals surface area contributed by atoms with Gasteiger partial charge in [-0.25, -0.2) is 0 Å². The quantitative estimate of drug-likeness (QED) is 0.544. The van der Waals surface area contributed by atoms with Gasteiger partial charge in [0.2, 0.25) is 0 Å². The van der Waals surface area contributed by atoms with Crippen LogP contribution < -0.4 is 18.9 Å². The average Bonchev–Trinajstić information content (AvgIpc) is 2.29. The topological polar surface area (TPSA) is 0 Å². The van der Waals surface area contributed by atoms with Crippen molar-refractivity contribution >= 4 is 11.1 Å². The Bertz CT molecular complexity index is 319. The first-order valence-corrected chi connectivity index (χ1v) is 5.72. The number of hydrogen-bond donors (Lipinski definition) is 0. The Balaban J connectivity index is 0. The van der Waals surface area contributed by atoms with Crippen molar-refractivity contribution in [3.63, 3.8) is 0 Å². The third-order valence-corrected chi connectivity index (χ3v) is 2.26. The average molecular weight is 222 g/mol. The molecule has 0 saturated carbocycles. The maximum absolute atomic E-state index is 3.90. The van der Waals surface area contributed by atoms with E-state index in [9.17, 15) is 0 Å². The van der Waals surface area contributed by atoms with Crippen LogP contribution >= 0.6 is 0 Å². The number of hydrogen-bond acceptors (Lipinski definition) is 0. The van der Waals surface area contributed by atoms with E-state index < -0.39 is 0 Å². The van der Waals surface area contributed by atoms with Gasteiger partial charge in [0.1, 0.15) is 0 Å². The summed E-state index contributed by atoms with van der Waals surface area (Å²) in [5, 5.41) is 0. The maximum atomic E-state index is 3.90. The summed E-state index contributed by atoms with van der Waals surface area (Å²) in [4.78, 5) is 0. The molecule has 1 rings (SSSR count). The second-order valence-corrected chi connectivity index (χ2v) is 3.96. The van der Waals surface area contributed by atoms with Crippen molar-refractivity contribution < 1.29 is 18.9 Å². The van der Waals surface area contributed by atoms with Crippen molar-refractivity contribution in [2.45, 2.75) is 34.1 Å². The van der Waals surface area contributed by atoms with Gasteiger partial charge in [-0.1, -0.05) is 49.4 Å². The van der Waals surface area contributed by atoms with Crippen molar-refractivity contribution in [3.05, 3.63) is 55.0 Å². The van der Waals surface area contributed by atoms with Gasteiger partial charge in [-0.2, -0.15) is 13.3 Å². The smallest absolute Gasteiger partial charge is 0.332 e. The molecule has 0 saturated heterocycles. The fourth-order valence-electron chi connectivity index (χ4n) is 1.05. The molecule has 0 spiro atoms. The molecule has 1 heteroatoms. The molecular weight excluding hydrogens is 199 g/mol. The van der Waals surface area contributed by atoms with Crippen LogP contribution in [-0.4, -0.2) is 0 Å². The van der Waals surface area contributed by atoms with Crippen LogP contribution in [0.1, 0.15) is 45.2 Å². The monoisotopic (exact) mass is 222 g/mol. The molecule has 0 heterocycles. The molecule has 0 N–H and O–H groups in total. The molecule has 0 atom stereocenters. The molecule has 17 heavy (non-hydrogen) atoms. The van der Waals surface area contributed by atoms with Crippen molar-refractivity contribution in [2.75, 3.05) is 0 Å². The predicted molar refractivity (Wildman–Crippen MR) is 76.1 cm³/mol. The van der Waals surface area contributed by atoms with Crippen molar-refractivity contribution in [3.8, 4) is 0 Å². The van der Waals surface area contributed by atoms with E-state index in [1.165, 1.54) is 17.5 Å². The van der Waals surface area contributed by atoms with Gasteiger partial charge < -0.3 is 6.42 Å². The van der Waals surface area contributed by atoms with Gasteiger partial charge in [-0.15, -0.1) is 0 Å². The molecular formula is C16H23Li. The summed E-state index contributed by atoms with van der Waals surface area (Å²) in [6.45, 7) is 16.0. The summed E-state index contributed by atoms with van der Waals surface area (Å²) in [6, 6.07) is 8.28. The number of unbranched alkanes of at least 4 members (excludes halogenated alkanes) is 1. The second kappa shape index (κ2) is 10.5. The third kappa shape index (κ3) is 8.08. The zero-order valence-electron chi connectivity index (χ0n) is 12.0. The zero-order valence-corrected chi connectivity index (χ0v) is 12.0. The fourth-order valence-corrected chi connectivity index (χ4v) is 1.05. The van der Waals surface area contributed by atoms with Crippen molar-refractivity contribution in [2.24, 2.45) is 0 Å². The molecule has 1 aromatic rings. The van der Waals surface area contributed by atoms with Gasteiger partial charge in [-0.3, -0.25) is 0 Å². The molecule has 1 aromatic carbocycles. The summed E-state index contributed by atoms with van der Waals surface area (Å²) < 4.78 is 0. The standard InChI is InChI=1S/C12H14.C4H9.Li/c1-9(2)11-6-5-7-12(8-11)10(3)4;1-3-4-2;/h5-8H,1,3H2,2,4H3;3H,4H2,1-2H3;/q;-1;+1. The van der Waals surface area contributed by atoms with Gasteiger partial charge >= 0.3 is 18.9 Å². The molecule has 88 valence electrons. The summed E-state index contributed by atoms with van der Waals surface area (Å²) in [5.74, 6) is 0. The van der Waals surface area contributed by atoms with E-state index in [1.54, 1.807) is 0 Å². The van der Waals surface area contributed by atoms with E-state index in [0.717, 1.165) is 11.1 Å². The van der Waals surface area contributed by atoms with Gasteiger partial charge in [0, 0.05) is 0 Å². The number of rotatable bonds is 3. The van der Waals surface area contributed by atoms with E-state index >= 15 is 0 Å². The summed E-state index contributed by atoms with van der Waals surface area (Å²) in [7, 11) is 0. The van der Waals surface area contributed by atoms with E-state index in [0.29, 0.717) is 0 Å². The Labute approximate surface area is 119 Å². The normalized spacial score (nSPS) is 8.47. The SMILES string of the molecule is C=C(C)c1cccc(C(=C)C)c1.C[CH-]CC.[Li+]. The van der Waals surface area contributed by atoms with Gasteiger partial charge in [0.05, 0.1) is 0 Å². The van der Waals surface area contributed by atoms with Gasteiger partial charge in [0.25, 0.3) is 0 Å². The second-order valence-electron chi connectivity index (χ2n) is 3.96. The minimum atomic E-state index is 0. The first kappa shape index (κ1) is 18.7. The Morgan fingerprint density at radius 1 is 1.12 bits per heavy atom. The molecule has 0 aliphatic rings. The first-order valence-electron chi connectivity index (χ1n) is 5.72. The van der Waals surface area contributed by atoms with Crippen molar-refractivity contribution in [1.29, 1.82) is 0 Å². The van der Waals surface area contributed by atoms with Gasteiger partial charge in [-0.05, 0) is 31.0 Å². The minimum Gasteiger partial charge on any atom is -0.332 e. The minimum absolute atomic E-state index is 0. The van der Waals surface area contributed by atoms with Crippen LogP contribution in [0.4, 0.5) is 0 Å². The van der Waals surface area contributed by atoms with Crippen LogP contribution in [0.25, 0.3) is 11.1 Å². The summed E-state index contributed by atoms with van der Waals surface area (Å²) >= 11 is 0. The Morgan fingerprint density at radius 2 is 1.47 bits per heavy atom. The van der Waals surface area contributed by atoms with Crippen LogP contribution in [-0.2, 0) is 0 Å². The Kier molecular flexibility index (Phi) is 11.5. The van der Waals surface area contributed by atoms with E-state index in [-0.39, 0.29) is 18.9 Å². The van der Waals surface area contributed by atoms with E-state index in [2.05, 4.69) is 51.6 Å². The van der Waals surface area contributed by atoms with Crippen molar-refractivity contribution in [1.82, 2.24) is 0 Å². The van der Waals surface area contributed by atoms with E-state index in [1.807, 2.05) is 19.9 Å². The Hall–Kier alpha value is -0.703. The van der Waals surface area contributed by atoms with Gasteiger partial charge in [0.15, 0.2) is 0 Å². The molecule has 0 unspecified atom stereocenters. The van der Waals surface area contributed by atoms with Crippen LogP contribution in [0.15, 0.2) is 37.4 Å². The summed E-state index contributed by atoms with van der Waals surface area (Å²) in [5.41, 5.74) is 4.57. The van der Waals surface area contributed by atoms with Crippen LogP contribution in [0.3, 0.4) is 0 Å². The molecule has 0 radical (unpaired) electrons. The number of benzene rings is 1. The molecule has 0 aromatic heterocycles. The molecule has 0 aliphatic heterocycles. The maximum Gasteiger partial charge on any atom is 1.00 e. The predicted octanol–water partition coefficient (Wildman–Crippen LogP) is 2.38. The van der Waals surface area contributed by atoms with Crippen LogP contribution in [0.2, 0.25) is 0 Å². The van der Waals surface area contributed by atoms with Crippen LogP contribution in [0, 0.1) is 6.42 Å². The largest absolute Gasteiger partial charge is 1.00 e. The Morgan fingerprint density at radius 3 is 1.71 bits per heavy atom. The molecule has 0 fully saturated rings. The molecule has 0 nitrogen and oxygen atoms in total. The molecule has 0 bridgehead atoms. The van der Waals surface area contributed by atoms with Crippen LogP contribution in [0.5, 0.6) is 0 Å². The molecule has 0 amide bonds. The number of allylic oxidation sites excluding steroid dienone is 2. The summed E-state index contributed by atoms with van der Waals surface area (Å²) in [6.07, 6.45) is 3.32.